The minimum absolute atomic E-state index is 0.214. The number of halogens is 1. The molecule has 0 spiro atoms. The first-order valence-electron chi connectivity index (χ1n) is 5.50. The molecule has 1 aromatic heterocycles. The molecule has 0 fully saturated rings. The molecule has 0 aliphatic rings. The highest BCUT2D eigenvalue weighted by Gasteiger charge is 2.07. The largest absolute Gasteiger partial charge is 0.478 e. The van der Waals surface area contributed by atoms with Crippen LogP contribution in [0.25, 0.3) is 0 Å². The second kappa shape index (κ2) is 5.58. The van der Waals surface area contributed by atoms with Gasteiger partial charge in [0.15, 0.2) is 0 Å². The minimum Gasteiger partial charge on any atom is -0.478 e. The molecule has 2 aromatic rings. The highest BCUT2D eigenvalue weighted by molar-refractivity contribution is 6.30. The molecule has 0 unspecified atom stereocenters. The van der Waals surface area contributed by atoms with Gasteiger partial charge in [-0.25, -0.2) is 4.79 Å². The van der Waals surface area contributed by atoms with Gasteiger partial charge in [-0.15, -0.1) is 0 Å². The summed E-state index contributed by atoms with van der Waals surface area (Å²) >= 11 is 5.70. The zero-order chi connectivity index (χ0) is 13.8. The summed E-state index contributed by atoms with van der Waals surface area (Å²) in [6, 6.07) is 7.84. The molecule has 6 heteroatoms. The Labute approximate surface area is 114 Å². The van der Waals surface area contributed by atoms with Crippen LogP contribution in [-0.4, -0.2) is 22.0 Å². The number of carboxylic acids is 1. The lowest BCUT2D eigenvalue weighted by Gasteiger charge is -2.04. The summed E-state index contributed by atoms with van der Waals surface area (Å²) in [7, 11) is 0. The van der Waals surface area contributed by atoms with E-state index in [1.54, 1.807) is 12.1 Å². The lowest BCUT2D eigenvalue weighted by atomic mass is 10.1. The Morgan fingerprint density at radius 3 is 2.47 bits per heavy atom. The monoisotopic (exact) mass is 278 g/mol. The van der Waals surface area contributed by atoms with Crippen LogP contribution in [0.3, 0.4) is 0 Å². The van der Waals surface area contributed by atoms with Gasteiger partial charge in [-0.05, 0) is 23.8 Å². The van der Waals surface area contributed by atoms with Crippen molar-refractivity contribution in [3.63, 3.8) is 0 Å². The summed E-state index contributed by atoms with van der Waals surface area (Å²) in [6.45, 7) is 0.315. The van der Waals surface area contributed by atoms with Crippen LogP contribution in [0.4, 0.5) is 0 Å². The smallest absolute Gasteiger partial charge is 0.335 e. The molecule has 3 N–H and O–H groups in total. The number of carbonyl (C=O) groups excluding carboxylic acids is 1. The summed E-state index contributed by atoms with van der Waals surface area (Å²) < 4.78 is 0. The van der Waals surface area contributed by atoms with Crippen LogP contribution in [-0.2, 0) is 6.54 Å². The first-order chi connectivity index (χ1) is 9.06. The lowest BCUT2D eigenvalue weighted by Crippen LogP contribution is -2.23. The summed E-state index contributed by atoms with van der Waals surface area (Å²) in [5.74, 6) is -1.24. The number of aromatic carboxylic acids is 1. The van der Waals surface area contributed by atoms with Crippen LogP contribution in [0.15, 0.2) is 36.5 Å². The number of amides is 1. The van der Waals surface area contributed by atoms with Crippen molar-refractivity contribution in [1.82, 2.24) is 10.3 Å². The summed E-state index contributed by atoms with van der Waals surface area (Å²) in [6.07, 6.45) is 1.53. The van der Waals surface area contributed by atoms with Crippen LogP contribution in [0.5, 0.6) is 0 Å². The number of rotatable bonds is 4. The maximum Gasteiger partial charge on any atom is 0.335 e. The van der Waals surface area contributed by atoms with Gasteiger partial charge in [0.2, 0.25) is 0 Å². The Balaban J connectivity index is 1.95. The van der Waals surface area contributed by atoms with Crippen molar-refractivity contribution >= 4 is 23.5 Å². The van der Waals surface area contributed by atoms with E-state index in [0.717, 1.165) is 5.56 Å². The zero-order valence-corrected chi connectivity index (χ0v) is 10.6. The quantitative estimate of drug-likeness (QED) is 0.802. The molecule has 0 radical (unpaired) electrons. The molecule has 0 aliphatic heterocycles. The third-order valence-electron chi connectivity index (χ3n) is 2.55. The lowest BCUT2D eigenvalue weighted by molar-refractivity contribution is 0.0696. The molecular formula is C13H11ClN2O3. The van der Waals surface area contributed by atoms with E-state index in [1.807, 2.05) is 0 Å². The SMILES string of the molecule is O=C(O)c1ccc(CNC(=O)c2cc(Cl)c[nH]2)cc1. The van der Waals surface area contributed by atoms with Crippen molar-refractivity contribution in [2.45, 2.75) is 6.54 Å². The van der Waals surface area contributed by atoms with E-state index in [-0.39, 0.29) is 11.5 Å². The minimum atomic E-state index is -0.975. The van der Waals surface area contributed by atoms with Crippen LogP contribution in [0.1, 0.15) is 26.4 Å². The van der Waals surface area contributed by atoms with Crippen LogP contribution >= 0.6 is 11.6 Å². The number of hydrogen-bond acceptors (Lipinski definition) is 2. The average Bonchev–Trinajstić information content (AvgIpc) is 2.83. The molecule has 2 rings (SSSR count). The number of carbonyl (C=O) groups is 2. The Hall–Kier alpha value is -2.27. The second-order valence-corrected chi connectivity index (χ2v) is 4.35. The molecule has 98 valence electrons. The normalized spacial score (nSPS) is 10.2. The Kier molecular flexibility index (Phi) is 3.87. The number of nitrogens with one attached hydrogen (secondary N) is 2. The van der Waals surface area contributed by atoms with Crippen molar-refractivity contribution < 1.29 is 14.7 Å². The topological polar surface area (TPSA) is 82.2 Å². The van der Waals surface area contributed by atoms with E-state index in [2.05, 4.69) is 10.3 Å². The molecule has 0 atom stereocenters. The average molecular weight is 279 g/mol. The van der Waals surface area contributed by atoms with E-state index >= 15 is 0 Å². The van der Waals surface area contributed by atoms with E-state index in [0.29, 0.717) is 17.3 Å². The maximum absolute atomic E-state index is 11.7. The van der Waals surface area contributed by atoms with Crippen molar-refractivity contribution in [2.75, 3.05) is 0 Å². The van der Waals surface area contributed by atoms with E-state index in [1.165, 1.54) is 24.4 Å². The molecular weight excluding hydrogens is 268 g/mol. The van der Waals surface area contributed by atoms with Gasteiger partial charge < -0.3 is 15.4 Å². The third kappa shape index (κ3) is 3.35. The van der Waals surface area contributed by atoms with Gasteiger partial charge in [-0.2, -0.15) is 0 Å². The Morgan fingerprint density at radius 1 is 1.26 bits per heavy atom. The van der Waals surface area contributed by atoms with Gasteiger partial charge in [0.1, 0.15) is 5.69 Å². The molecule has 1 heterocycles. The Morgan fingerprint density at radius 2 is 1.95 bits per heavy atom. The van der Waals surface area contributed by atoms with Gasteiger partial charge in [-0.1, -0.05) is 23.7 Å². The van der Waals surface area contributed by atoms with Gasteiger partial charge in [0.05, 0.1) is 10.6 Å². The summed E-state index contributed by atoms with van der Waals surface area (Å²) in [4.78, 5) is 25.1. The summed E-state index contributed by atoms with van der Waals surface area (Å²) in [5.41, 5.74) is 1.41. The molecule has 1 aromatic carbocycles. The summed E-state index contributed by atoms with van der Waals surface area (Å²) in [5, 5.41) is 11.9. The highest BCUT2D eigenvalue weighted by Crippen LogP contribution is 2.09. The molecule has 5 nitrogen and oxygen atoms in total. The fourth-order valence-corrected chi connectivity index (χ4v) is 1.71. The molecule has 0 saturated heterocycles. The predicted molar refractivity (Wildman–Crippen MR) is 70.4 cm³/mol. The molecule has 0 aliphatic carbocycles. The van der Waals surface area contributed by atoms with Crippen molar-refractivity contribution in [3.8, 4) is 0 Å². The fraction of sp³-hybridized carbons (Fsp3) is 0.0769. The van der Waals surface area contributed by atoms with Crippen LogP contribution in [0.2, 0.25) is 5.02 Å². The van der Waals surface area contributed by atoms with Crippen molar-refractivity contribution in [3.05, 3.63) is 58.4 Å². The number of benzene rings is 1. The number of carboxylic acid groups (broad SMARTS) is 1. The van der Waals surface area contributed by atoms with E-state index in [4.69, 9.17) is 16.7 Å². The highest BCUT2D eigenvalue weighted by atomic mass is 35.5. The maximum atomic E-state index is 11.7. The van der Waals surface area contributed by atoms with E-state index in [9.17, 15) is 9.59 Å². The van der Waals surface area contributed by atoms with Gasteiger partial charge in [0.25, 0.3) is 5.91 Å². The van der Waals surface area contributed by atoms with Crippen molar-refractivity contribution in [1.29, 1.82) is 0 Å². The van der Waals surface area contributed by atoms with Crippen molar-refractivity contribution in [2.24, 2.45) is 0 Å². The van der Waals surface area contributed by atoms with Gasteiger partial charge >= 0.3 is 5.97 Å². The first-order valence-corrected chi connectivity index (χ1v) is 5.88. The number of H-pyrrole nitrogens is 1. The van der Waals surface area contributed by atoms with Gasteiger partial charge in [-0.3, -0.25) is 4.79 Å². The number of aromatic nitrogens is 1. The zero-order valence-electron chi connectivity index (χ0n) is 9.81. The fourth-order valence-electron chi connectivity index (χ4n) is 1.54. The Bertz CT molecular complexity index is 605. The van der Waals surface area contributed by atoms with Crippen LogP contribution in [0, 0.1) is 0 Å². The molecule has 1 amide bonds. The third-order valence-corrected chi connectivity index (χ3v) is 2.76. The van der Waals surface area contributed by atoms with Crippen LogP contribution < -0.4 is 5.32 Å². The van der Waals surface area contributed by atoms with Gasteiger partial charge in [0, 0.05) is 12.7 Å². The van der Waals surface area contributed by atoms with E-state index < -0.39 is 5.97 Å². The predicted octanol–water partition coefficient (Wildman–Crippen LogP) is 2.30. The second-order valence-electron chi connectivity index (χ2n) is 3.92. The molecule has 0 saturated carbocycles. The first kappa shape index (κ1) is 13.2. The molecule has 19 heavy (non-hydrogen) atoms. The molecule has 0 bridgehead atoms. The standard InChI is InChI=1S/C13H11ClN2O3/c14-10-5-11(15-7-10)12(17)16-6-8-1-3-9(4-2-8)13(18)19/h1-5,7,15H,6H2,(H,16,17)(H,18,19). The number of aromatic amines is 1. The number of hydrogen-bond donors (Lipinski definition) is 3.